The summed E-state index contributed by atoms with van der Waals surface area (Å²) in [6.07, 6.45) is 2.96. The number of nitrogens with zero attached hydrogens (tertiary/aromatic N) is 2. The van der Waals surface area contributed by atoms with E-state index in [0.717, 1.165) is 13.1 Å². The average Bonchev–Trinajstić information content (AvgIpc) is 2.38. The van der Waals surface area contributed by atoms with Crippen molar-refractivity contribution in [2.24, 2.45) is 17.3 Å². The average molecular weight is 265 g/mol. The Balaban J connectivity index is 2.46. The smallest absolute Gasteiger partial charge is 0.237 e. The van der Waals surface area contributed by atoms with Crippen LogP contribution in [0.15, 0.2) is 0 Å². The molecule has 0 aromatic carbocycles. The molecule has 4 nitrogen and oxygen atoms in total. The quantitative estimate of drug-likeness (QED) is 0.827. The highest BCUT2D eigenvalue weighted by Crippen LogP contribution is 2.34. The van der Waals surface area contributed by atoms with Gasteiger partial charge in [-0.3, -0.25) is 4.79 Å². The minimum Gasteiger partial charge on any atom is -0.354 e. The maximum Gasteiger partial charge on any atom is 0.237 e. The standard InChI is InChI=1S/C15H27N3O/c1-5-12(10-16)14(19)17-11-15(2,3)13-6-8-18(4)9-7-13/h12-13H,5-9,11H2,1-4H3,(H,17,19). The predicted molar refractivity (Wildman–Crippen MR) is 76.4 cm³/mol. The van der Waals surface area contributed by atoms with Gasteiger partial charge in [-0.2, -0.15) is 5.26 Å². The van der Waals surface area contributed by atoms with Gasteiger partial charge in [-0.25, -0.2) is 0 Å². The Labute approximate surface area is 117 Å². The molecule has 1 N–H and O–H groups in total. The van der Waals surface area contributed by atoms with Crippen LogP contribution >= 0.6 is 0 Å². The van der Waals surface area contributed by atoms with Crippen LogP contribution in [-0.2, 0) is 4.79 Å². The molecule has 0 bridgehead atoms. The second-order valence-corrected chi connectivity index (χ2v) is 6.37. The summed E-state index contributed by atoms with van der Waals surface area (Å²) in [6.45, 7) is 9.25. The first-order valence-corrected chi connectivity index (χ1v) is 7.26. The lowest BCUT2D eigenvalue weighted by molar-refractivity contribution is -0.124. The summed E-state index contributed by atoms with van der Waals surface area (Å²) < 4.78 is 0. The van der Waals surface area contributed by atoms with Crippen molar-refractivity contribution in [3.05, 3.63) is 0 Å². The Hall–Kier alpha value is -1.08. The number of carbonyl (C=O) groups excluding carboxylic acids is 1. The van der Waals surface area contributed by atoms with E-state index in [9.17, 15) is 4.79 Å². The van der Waals surface area contributed by atoms with Crippen LogP contribution in [0.25, 0.3) is 0 Å². The van der Waals surface area contributed by atoms with Crippen molar-refractivity contribution in [1.82, 2.24) is 10.2 Å². The molecule has 1 saturated heterocycles. The summed E-state index contributed by atoms with van der Waals surface area (Å²) in [5.74, 6) is 0.0189. The van der Waals surface area contributed by atoms with Crippen LogP contribution in [0.5, 0.6) is 0 Å². The van der Waals surface area contributed by atoms with Gasteiger partial charge in [0, 0.05) is 6.54 Å². The second-order valence-electron chi connectivity index (χ2n) is 6.37. The first kappa shape index (κ1) is 16.0. The zero-order chi connectivity index (χ0) is 14.5. The van der Waals surface area contributed by atoms with Gasteiger partial charge in [0.15, 0.2) is 0 Å². The Kier molecular flexibility index (Phi) is 5.81. The maximum atomic E-state index is 11.8. The van der Waals surface area contributed by atoms with Crippen LogP contribution in [-0.4, -0.2) is 37.5 Å². The largest absolute Gasteiger partial charge is 0.354 e. The minimum atomic E-state index is -0.506. The lowest BCUT2D eigenvalue weighted by Gasteiger charge is -2.39. The van der Waals surface area contributed by atoms with Gasteiger partial charge >= 0.3 is 0 Å². The first-order chi connectivity index (χ1) is 8.90. The van der Waals surface area contributed by atoms with Gasteiger partial charge in [-0.05, 0) is 50.7 Å². The number of nitriles is 1. The number of rotatable bonds is 5. The van der Waals surface area contributed by atoms with Crippen LogP contribution in [0.4, 0.5) is 0 Å². The van der Waals surface area contributed by atoms with Crippen LogP contribution in [0.1, 0.15) is 40.0 Å². The van der Waals surface area contributed by atoms with Gasteiger partial charge in [0.2, 0.25) is 5.91 Å². The van der Waals surface area contributed by atoms with E-state index in [0.29, 0.717) is 18.9 Å². The fourth-order valence-electron chi connectivity index (χ4n) is 2.71. The fourth-order valence-corrected chi connectivity index (χ4v) is 2.71. The number of carbonyl (C=O) groups is 1. The summed E-state index contributed by atoms with van der Waals surface area (Å²) in [6, 6.07) is 2.05. The molecule has 1 aliphatic rings. The number of nitrogens with one attached hydrogen (secondary N) is 1. The third-order valence-corrected chi connectivity index (χ3v) is 4.42. The molecular formula is C15H27N3O. The zero-order valence-corrected chi connectivity index (χ0v) is 12.7. The molecule has 0 spiro atoms. The van der Waals surface area contributed by atoms with Crippen molar-refractivity contribution in [1.29, 1.82) is 5.26 Å². The Morgan fingerprint density at radius 2 is 2.05 bits per heavy atom. The van der Waals surface area contributed by atoms with Gasteiger partial charge in [0.25, 0.3) is 0 Å². The van der Waals surface area contributed by atoms with Crippen LogP contribution < -0.4 is 5.32 Å². The van der Waals surface area contributed by atoms with E-state index in [4.69, 9.17) is 5.26 Å². The molecule has 0 aromatic rings. The SMILES string of the molecule is CCC(C#N)C(=O)NCC(C)(C)C1CCN(C)CC1. The van der Waals surface area contributed by atoms with E-state index in [1.54, 1.807) is 0 Å². The van der Waals surface area contributed by atoms with E-state index in [1.165, 1.54) is 12.8 Å². The topological polar surface area (TPSA) is 56.1 Å². The van der Waals surface area contributed by atoms with E-state index in [-0.39, 0.29) is 11.3 Å². The van der Waals surface area contributed by atoms with Crippen LogP contribution in [0.2, 0.25) is 0 Å². The Bertz CT molecular complexity index is 338. The molecule has 1 rings (SSSR count). The Morgan fingerprint density at radius 3 is 2.53 bits per heavy atom. The zero-order valence-electron chi connectivity index (χ0n) is 12.7. The highest BCUT2D eigenvalue weighted by atomic mass is 16.1. The highest BCUT2D eigenvalue weighted by Gasteiger charge is 2.32. The predicted octanol–water partition coefficient (Wildman–Crippen LogP) is 2.02. The van der Waals surface area contributed by atoms with Crippen LogP contribution in [0.3, 0.4) is 0 Å². The van der Waals surface area contributed by atoms with Crippen LogP contribution in [0, 0.1) is 28.6 Å². The molecule has 108 valence electrons. The van der Waals surface area contributed by atoms with Gasteiger partial charge in [0.05, 0.1) is 6.07 Å². The van der Waals surface area contributed by atoms with Gasteiger partial charge < -0.3 is 10.2 Å². The molecule has 1 atom stereocenters. The molecule has 0 saturated carbocycles. The summed E-state index contributed by atoms with van der Waals surface area (Å²) in [5, 5.41) is 11.8. The summed E-state index contributed by atoms with van der Waals surface area (Å²) in [5.41, 5.74) is 0.102. The lowest BCUT2D eigenvalue weighted by atomic mass is 9.73. The summed E-state index contributed by atoms with van der Waals surface area (Å²) in [4.78, 5) is 14.2. The number of piperidine rings is 1. The van der Waals surface area contributed by atoms with Crippen molar-refractivity contribution in [2.45, 2.75) is 40.0 Å². The third kappa shape index (κ3) is 4.50. The van der Waals surface area contributed by atoms with E-state index in [1.807, 2.05) is 6.92 Å². The first-order valence-electron chi connectivity index (χ1n) is 7.26. The number of likely N-dealkylation sites (tertiary alicyclic amines) is 1. The minimum absolute atomic E-state index is 0.102. The number of hydrogen-bond donors (Lipinski definition) is 1. The van der Waals surface area contributed by atoms with E-state index < -0.39 is 5.92 Å². The molecule has 1 unspecified atom stereocenters. The molecule has 1 fully saturated rings. The van der Waals surface area contributed by atoms with E-state index in [2.05, 4.69) is 37.2 Å². The maximum absolute atomic E-state index is 11.8. The molecular weight excluding hydrogens is 238 g/mol. The molecule has 1 amide bonds. The van der Waals surface area contributed by atoms with Crippen molar-refractivity contribution in [2.75, 3.05) is 26.7 Å². The highest BCUT2D eigenvalue weighted by molar-refractivity contribution is 5.80. The normalized spacial score (nSPS) is 19.7. The summed E-state index contributed by atoms with van der Waals surface area (Å²) >= 11 is 0. The molecule has 0 aromatic heterocycles. The van der Waals surface area contributed by atoms with E-state index >= 15 is 0 Å². The number of amides is 1. The molecule has 0 radical (unpaired) electrons. The Morgan fingerprint density at radius 1 is 1.47 bits per heavy atom. The van der Waals surface area contributed by atoms with Crippen molar-refractivity contribution in [3.8, 4) is 6.07 Å². The molecule has 1 heterocycles. The van der Waals surface area contributed by atoms with Gasteiger partial charge in [0.1, 0.15) is 5.92 Å². The van der Waals surface area contributed by atoms with Crippen molar-refractivity contribution < 1.29 is 4.79 Å². The number of hydrogen-bond acceptors (Lipinski definition) is 3. The molecule has 1 aliphatic heterocycles. The van der Waals surface area contributed by atoms with Gasteiger partial charge in [-0.1, -0.05) is 20.8 Å². The van der Waals surface area contributed by atoms with Crippen molar-refractivity contribution in [3.63, 3.8) is 0 Å². The molecule has 4 heteroatoms. The fraction of sp³-hybridized carbons (Fsp3) is 0.867. The van der Waals surface area contributed by atoms with Gasteiger partial charge in [-0.15, -0.1) is 0 Å². The molecule has 19 heavy (non-hydrogen) atoms. The third-order valence-electron chi connectivity index (χ3n) is 4.42. The monoisotopic (exact) mass is 265 g/mol. The molecule has 0 aliphatic carbocycles. The second kappa shape index (κ2) is 6.91. The summed E-state index contributed by atoms with van der Waals surface area (Å²) in [7, 11) is 2.16. The lowest BCUT2D eigenvalue weighted by Crippen LogP contribution is -2.44. The van der Waals surface area contributed by atoms with Crippen molar-refractivity contribution >= 4 is 5.91 Å².